The van der Waals surface area contributed by atoms with E-state index in [2.05, 4.69) is 17.1 Å². The van der Waals surface area contributed by atoms with Crippen LogP contribution in [0.1, 0.15) is 24.9 Å². The molecule has 0 heterocycles. The SMILES string of the molecule is CNC(CN(C)CC1CC1C)c1cccc(F)c1F. The van der Waals surface area contributed by atoms with E-state index in [1.54, 1.807) is 19.2 Å². The quantitative estimate of drug-likeness (QED) is 0.853. The average Bonchev–Trinajstić information content (AvgIpc) is 3.05. The van der Waals surface area contributed by atoms with Crippen molar-refractivity contribution >= 4 is 0 Å². The van der Waals surface area contributed by atoms with Crippen LogP contribution in [0.4, 0.5) is 8.78 Å². The van der Waals surface area contributed by atoms with Crippen LogP contribution in [0.25, 0.3) is 0 Å². The first-order chi connectivity index (χ1) is 9.02. The van der Waals surface area contributed by atoms with Crippen molar-refractivity contribution in [1.82, 2.24) is 10.2 Å². The van der Waals surface area contributed by atoms with Crippen LogP contribution in [-0.2, 0) is 0 Å². The van der Waals surface area contributed by atoms with Crippen molar-refractivity contribution < 1.29 is 8.78 Å². The molecule has 0 saturated heterocycles. The van der Waals surface area contributed by atoms with Crippen molar-refractivity contribution in [3.8, 4) is 0 Å². The highest BCUT2D eigenvalue weighted by Crippen LogP contribution is 2.38. The van der Waals surface area contributed by atoms with Gasteiger partial charge in [0.1, 0.15) is 0 Å². The molecule has 0 spiro atoms. The lowest BCUT2D eigenvalue weighted by molar-refractivity contribution is 0.278. The van der Waals surface area contributed by atoms with Crippen LogP contribution in [0.2, 0.25) is 0 Å². The average molecular weight is 268 g/mol. The van der Waals surface area contributed by atoms with Gasteiger partial charge in [0.15, 0.2) is 11.6 Å². The third-order valence-corrected chi connectivity index (χ3v) is 4.02. The van der Waals surface area contributed by atoms with Crippen LogP contribution >= 0.6 is 0 Å². The summed E-state index contributed by atoms with van der Waals surface area (Å²) in [6.07, 6.45) is 1.28. The van der Waals surface area contributed by atoms with Gasteiger partial charge in [0.2, 0.25) is 0 Å². The summed E-state index contributed by atoms with van der Waals surface area (Å²) in [7, 11) is 3.81. The number of benzene rings is 1. The van der Waals surface area contributed by atoms with Crippen molar-refractivity contribution in [2.24, 2.45) is 11.8 Å². The van der Waals surface area contributed by atoms with Gasteiger partial charge in [-0.1, -0.05) is 19.1 Å². The van der Waals surface area contributed by atoms with Crippen LogP contribution < -0.4 is 5.32 Å². The Kier molecular flexibility index (Phi) is 4.53. The van der Waals surface area contributed by atoms with Gasteiger partial charge in [0.25, 0.3) is 0 Å². The maximum atomic E-state index is 13.8. The molecule has 1 aliphatic rings. The van der Waals surface area contributed by atoms with Gasteiger partial charge >= 0.3 is 0 Å². The molecule has 2 nitrogen and oxygen atoms in total. The monoisotopic (exact) mass is 268 g/mol. The summed E-state index contributed by atoms with van der Waals surface area (Å²) in [6, 6.07) is 4.17. The van der Waals surface area contributed by atoms with Gasteiger partial charge in [0, 0.05) is 24.7 Å². The molecule has 0 radical (unpaired) electrons. The van der Waals surface area contributed by atoms with Crippen LogP contribution in [0, 0.1) is 23.5 Å². The summed E-state index contributed by atoms with van der Waals surface area (Å²) in [6.45, 7) is 3.96. The predicted octanol–water partition coefficient (Wildman–Crippen LogP) is 2.81. The number of likely N-dealkylation sites (N-methyl/N-ethyl adjacent to an activating group) is 2. The van der Waals surface area contributed by atoms with E-state index in [4.69, 9.17) is 0 Å². The standard InChI is InChI=1S/C15H22F2N2/c1-10-7-11(10)8-19(3)9-14(18-2)12-5-4-6-13(16)15(12)17/h4-6,10-11,14,18H,7-9H2,1-3H3. The van der Waals surface area contributed by atoms with Crippen molar-refractivity contribution in [2.45, 2.75) is 19.4 Å². The van der Waals surface area contributed by atoms with E-state index in [0.29, 0.717) is 12.1 Å². The molecule has 1 aromatic rings. The molecule has 4 heteroatoms. The van der Waals surface area contributed by atoms with Gasteiger partial charge in [-0.2, -0.15) is 0 Å². The summed E-state index contributed by atoms with van der Waals surface area (Å²) in [5.74, 6) is 0.0486. The first kappa shape index (κ1) is 14.4. The molecule has 1 aliphatic carbocycles. The summed E-state index contributed by atoms with van der Waals surface area (Å²) < 4.78 is 27.1. The van der Waals surface area contributed by atoms with Crippen molar-refractivity contribution in [3.05, 3.63) is 35.4 Å². The Hall–Kier alpha value is -1.00. The summed E-state index contributed by atoms with van der Waals surface area (Å²) in [4.78, 5) is 2.19. The van der Waals surface area contributed by atoms with Gasteiger partial charge in [0.05, 0.1) is 0 Å². The minimum absolute atomic E-state index is 0.185. The molecule has 2 rings (SSSR count). The highest BCUT2D eigenvalue weighted by atomic mass is 19.2. The topological polar surface area (TPSA) is 15.3 Å². The van der Waals surface area contributed by atoms with E-state index in [1.807, 2.05) is 7.05 Å². The molecule has 0 aliphatic heterocycles. The van der Waals surface area contributed by atoms with Gasteiger partial charge in [-0.25, -0.2) is 8.78 Å². The molecule has 0 amide bonds. The molecule has 0 bridgehead atoms. The van der Waals surface area contributed by atoms with Gasteiger partial charge in [-0.15, -0.1) is 0 Å². The predicted molar refractivity (Wildman–Crippen MR) is 72.9 cm³/mol. The fraction of sp³-hybridized carbons (Fsp3) is 0.600. The number of hydrogen-bond acceptors (Lipinski definition) is 2. The zero-order chi connectivity index (χ0) is 14.0. The van der Waals surface area contributed by atoms with Crippen LogP contribution in [0.3, 0.4) is 0 Å². The summed E-state index contributed by atoms with van der Waals surface area (Å²) >= 11 is 0. The van der Waals surface area contributed by atoms with Crippen LogP contribution in [0.15, 0.2) is 18.2 Å². The Bertz CT molecular complexity index is 436. The smallest absolute Gasteiger partial charge is 0.163 e. The summed E-state index contributed by atoms with van der Waals surface area (Å²) in [5.41, 5.74) is 0.401. The van der Waals surface area contributed by atoms with Gasteiger partial charge in [-0.3, -0.25) is 0 Å². The van der Waals surface area contributed by atoms with Gasteiger partial charge < -0.3 is 10.2 Å². The fourth-order valence-corrected chi connectivity index (χ4v) is 2.57. The maximum absolute atomic E-state index is 13.8. The highest BCUT2D eigenvalue weighted by molar-refractivity contribution is 5.22. The first-order valence-corrected chi connectivity index (χ1v) is 6.82. The third kappa shape index (κ3) is 3.51. The van der Waals surface area contributed by atoms with E-state index in [-0.39, 0.29) is 6.04 Å². The fourth-order valence-electron chi connectivity index (χ4n) is 2.57. The second-order valence-electron chi connectivity index (χ2n) is 5.68. The Morgan fingerprint density at radius 3 is 2.68 bits per heavy atom. The lowest BCUT2D eigenvalue weighted by atomic mass is 10.1. The number of halogens is 2. The van der Waals surface area contributed by atoms with E-state index < -0.39 is 11.6 Å². The first-order valence-electron chi connectivity index (χ1n) is 6.82. The zero-order valence-electron chi connectivity index (χ0n) is 11.8. The summed E-state index contributed by atoms with van der Waals surface area (Å²) in [5, 5.41) is 3.07. The van der Waals surface area contributed by atoms with Crippen LogP contribution in [0.5, 0.6) is 0 Å². The Morgan fingerprint density at radius 1 is 1.42 bits per heavy atom. The number of rotatable bonds is 6. The highest BCUT2D eigenvalue weighted by Gasteiger charge is 2.33. The second kappa shape index (κ2) is 5.97. The Morgan fingerprint density at radius 2 is 2.11 bits per heavy atom. The Labute approximate surface area is 113 Å². The molecule has 19 heavy (non-hydrogen) atoms. The van der Waals surface area contributed by atoms with Crippen molar-refractivity contribution in [2.75, 3.05) is 27.2 Å². The second-order valence-corrected chi connectivity index (χ2v) is 5.68. The number of hydrogen-bond donors (Lipinski definition) is 1. The molecule has 106 valence electrons. The molecule has 0 aromatic heterocycles. The molecule has 1 fully saturated rings. The molecule has 1 aromatic carbocycles. The lowest BCUT2D eigenvalue weighted by Gasteiger charge is -2.24. The minimum atomic E-state index is -0.781. The Balaban J connectivity index is 2.00. The molecule has 1 N–H and O–H groups in total. The van der Waals surface area contributed by atoms with E-state index in [9.17, 15) is 8.78 Å². The molecular weight excluding hydrogens is 246 g/mol. The minimum Gasteiger partial charge on any atom is -0.312 e. The number of nitrogens with one attached hydrogen (secondary N) is 1. The molecule has 3 unspecified atom stereocenters. The molecule has 1 saturated carbocycles. The van der Waals surface area contributed by atoms with E-state index in [0.717, 1.165) is 24.4 Å². The zero-order valence-corrected chi connectivity index (χ0v) is 11.8. The number of nitrogens with zero attached hydrogens (tertiary/aromatic N) is 1. The molecule has 3 atom stereocenters. The normalized spacial score (nSPS) is 23.7. The van der Waals surface area contributed by atoms with Crippen LogP contribution in [-0.4, -0.2) is 32.1 Å². The largest absolute Gasteiger partial charge is 0.312 e. The van der Waals surface area contributed by atoms with Crippen molar-refractivity contribution in [3.63, 3.8) is 0 Å². The van der Waals surface area contributed by atoms with Crippen molar-refractivity contribution in [1.29, 1.82) is 0 Å². The van der Waals surface area contributed by atoms with Gasteiger partial charge in [-0.05, 0) is 38.4 Å². The van der Waals surface area contributed by atoms with E-state index in [1.165, 1.54) is 6.42 Å². The lowest BCUT2D eigenvalue weighted by Crippen LogP contribution is -2.33. The third-order valence-electron chi connectivity index (χ3n) is 4.02. The maximum Gasteiger partial charge on any atom is 0.163 e. The molecular formula is C15H22F2N2. The van der Waals surface area contributed by atoms with E-state index >= 15 is 0 Å².